The van der Waals surface area contributed by atoms with Crippen molar-refractivity contribution in [2.45, 2.75) is 19.4 Å². The van der Waals surface area contributed by atoms with E-state index in [1.54, 1.807) is 0 Å². The van der Waals surface area contributed by atoms with Gasteiger partial charge in [-0.2, -0.15) is 5.01 Å². The molecule has 0 aromatic carbocycles. The van der Waals surface area contributed by atoms with Crippen LogP contribution in [0.2, 0.25) is 0 Å². The van der Waals surface area contributed by atoms with Crippen LogP contribution >= 0.6 is 0 Å². The van der Waals surface area contributed by atoms with Crippen molar-refractivity contribution in [3.63, 3.8) is 0 Å². The molecule has 0 aliphatic carbocycles. The minimum Gasteiger partial charge on any atom is -0.322 e. The summed E-state index contributed by atoms with van der Waals surface area (Å²) < 4.78 is 0. The fourth-order valence-corrected chi connectivity index (χ4v) is 1.54. The van der Waals surface area contributed by atoms with Gasteiger partial charge in [0.2, 0.25) is 5.91 Å². The molecule has 2 aliphatic rings. The van der Waals surface area contributed by atoms with Gasteiger partial charge in [-0.05, 0) is 13.8 Å². The van der Waals surface area contributed by atoms with Gasteiger partial charge < -0.3 is 5.32 Å². The van der Waals surface area contributed by atoms with E-state index in [0.29, 0.717) is 5.01 Å². The summed E-state index contributed by atoms with van der Waals surface area (Å²) >= 11 is 0. The first kappa shape index (κ1) is 10.4. The van der Waals surface area contributed by atoms with Crippen molar-refractivity contribution in [3.8, 4) is 0 Å². The molecular formula is C8H10N4O4. The van der Waals surface area contributed by atoms with Crippen molar-refractivity contribution in [2.24, 2.45) is 0 Å². The first-order valence-corrected chi connectivity index (χ1v) is 4.61. The number of nitrogens with zero attached hydrogens (tertiary/aromatic N) is 2. The number of amides is 6. The van der Waals surface area contributed by atoms with Crippen molar-refractivity contribution in [2.75, 3.05) is 6.54 Å². The lowest BCUT2D eigenvalue weighted by molar-refractivity contribution is -0.138. The summed E-state index contributed by atoms with van der Waals surface area (Å²) in [6.45, 7) is 2.71. The lowest BCUT2D eigenvalue weighted by Crippen LogP contribution is -2.49. The molecule has 0 atom stereocenters. The van der Waals surface area contributed by atoms with Gasteiger partial charge in [0.25, 0.3) is 5.91 Å². The molecule has 2 fully saturated rings. The maximum atomic E-state index is 11.8. The molecule has 0 aromatic heterocycles. The summed E-state index contributed by atoms with van der Waals surface area (Å²) in [5.74, 6) is -1.11. The minimum absolute atomic E-state index is 0.325. The van der Waals surface area contributed by atoms with E-state index in [0.717, 1.165) is 5.01 Å². The topological polar surface area (TPSA) is 98.8 Å². The number of rotatable bonds is 1. The average molecular weight is 226 g/mol. The molecule has 6 amide bonds. The fourth-order valence-electron chi connectivity index (χ4n) is 1.54. The normalized spacial score (nSPS) is 23.9. The fraction of sp³-hybridized carbons (Fsp3) is 0.500. The van der Waals surface area contributed by atoms with Gasteiger partial charge in [0.15, 0.2) is 0 Å². The molecule has 0 saturated carbocycles. The Balaban J connectivity index is 2.29. The Morgan fingerprint density at radius 3 is 2.12 bits per heavy atom. The standard InChI is InChI=1S/C8H10N4O4/c1-8(2)5(14)12(7(16)10-8)11-3-4(13)9-6(11)15/h3H2,1-2H3,(H,10,16)(H,9,13,15). The number of hydrazine groups is 1. The first-order valence-electron chi connectivity index (χ1n) is 4.61. The summed E-state index contributed by atoms with van der Waals surface area (Å²) in [5.41, 5.74) is -1.07. The third kappa shape index (κ3) is 1.30. The maximum absolute atomic E-state index is 11.8. The Morgan fingerprint density at radius 1 is 1.12 bits per heavy atom. The summed E-state index contributed by atoms with van der Waals surface area (Å²) in [6.07, 6.45) is 0. The number of urea groups is 2. The zero-order chi connectivity index (χ0) is 12.1. The molecule has 0 bridgehead atoms. The van der Waals surface area contributed by atoms with Gasteiger partial charge >= 0.3 is 12.1 Å². The Hall–Kier alpha value is -2.12. The average Bonchev–Trinajstić information content (AvgIpc) is 2.53. The molecule has 8 nitrogen and oxygen atoms in total. The molecule has 0 spiro atoms. The molecular weight excluding hydrogens is 216 g/mol. The molecule has 2 rings (SSSR count). The molecule has 2 N–H and O–H groups in total. The van der Waals surface area contributed by atoms with Gasteiger partial charge in [0.1, 0.15) is 12.1 Å². The van der Waals surface area contributed by atoms with E-state index >= 15 is 0 Å². The highest BCUT2D eigenvalue weighted by Gasteiger charge is 2.50. The molecule has 0 aromatic rings. The quantitative estimate of drug-likeness (QED) is 0.547. The van der Waals surface area contributed by atoms with Gasteiger partial charge in [-0.15, -0.1) is 0 Å². The lowest BCUT2D eigenvalue weighted by atomic mass is 10.1. The predicted molar refractivity (Wildman–Crippen MR) is 49.7 cm³/mol. The summed E-state index contributed by atoms with van der Waals surface area (Å²) in [4.78, 5) is 45.5. The monoisotopic (exact) mass is 226 g/mol. The molecule has 16 heavy (non-hydrogen) atoms. The number of hydrogen-bond acceptors (Lipinski definition) is 4. The zero-order valence-corrected chi connectivity index (χ0v) is 8.73. The van der Waals surface area contributed by atoms with Crippen molar-refractivity contribution < 1.29 is 19.2 Å². The van der Waals surface area contributed by atoms with Crippen LogP contribution in [0, 0.1) is 0 Å². The van der Waals surface area contributed by atoms with E-state index in [4.69, 9.17) is 0 Å². The third-order valence-electron chi connectivity index (χ3n) is 2.35. The highest BCUT2D eigenvalue weighted by Crippen LogP contribution is 2.19. The predicted octanol–water partition coefficient (Wildman–Crippen LogP) is -1.22. The van der Waals surface area contributed by atoms with Gasteiger partial charge in [0, 0.05) is 0 Å². The van der Waals surface area contributed by atoms with Crippen LogP contribution in [0.5, 0.6) is 0 Å². The summed E-state index contributed by atoms with van der Waals surface area (Å²) in [5, 5.41) is 5.84. The summed E-state index contributed by atoms with van der Waals surface area (Å²) in [6, 6.07) is -1.48. The number of carbonyl (C=O) groups is 4. The third-order valence-corrected chi connectivity index (χ3v) is 2.35. The van der Waals surface area contributed by atoms with Crippen molar-refractivity contribution >= 4 is 23.9 Å². The molecule has 2 heterocycles. The molecule has 0 radical (unpaired) electrons. The van der Waals surface area contributed by atoms with Gasteiger partial charge in [0.05, 0.1) is 0 Å². The van der Waals surface area contributed by atoms with E-state index in [-0.39, 0.29) is 6.54 Å². The Kier molecular flexibility index (Phi) is 1.91. The van der Waals surface area contributed by atoms with Crippen LogP contribution in [0.15, 0.2) is 0 Å². The molecule has 0 unspecified atom stereocenters. The number of imide groups is 2. The lowest BCUT2D eigenvalue weighted by Gasteiger charge is -2.23. The molecule has 2 aliphatic heterocycles. The van der Waals surface area contributed by atoms with Gasteiger partial charge in [-0.25, -0.2) is 14.6 Å². The SMILES string of the molecule is CC1(C)NC(=O)N(N2CC(=O)NC2=O)C1=O. The van der Waals surface area contributed by atoms with Crippen LogP contribution in [0.1, 0.15) is 13.8 Å². The molecule has 8 heteroatoms. The van der Waals surface area contributed by atoms with E-state index < -0.39 is 29.4 Å². The Labute approximate surface area is 90.5 Å². The second-order valence-electron chi connectivity index (χ2n) is 4.08. The van der Waals surface area contributed by atoms with E-state index in [1.807, 2.05) is 5.32 Å². The highest BCUT2D eigenvalue weighted by molar-refractivity contribution is 6.10. The zero-order valence-electron chi connectivity index (χ0n) is 8.73. The van der Waals surface area contributed by atoms with Crippen LogP contribution in [-0.2, 0) is 9.59 Å². The Bertz CT molecular complexity index is 416. The van der Waals surface area contributed by atoms with Gasteiger partial charge in [-0.1, -0.05) is 0 Å². The largest absolute Gasteiger partial charge is 0.344 e. The van der Waals surface area contributed by atoms with Crippen LogP contribution in [0.25, 0.3) is 0 Å². The van der Waals surface area contributed by atoms with E-state index in [1.165, 1.54) is 13.8 Å². The van der Waals surface area contributed by atoms with Crippen molar-refractivity contribution in [1.29, 1.82) is 0 Å². The van der Waals surface area contributed by atoms with E-state index in [9.17, 15) is 19.2 Å². The van der Waals surface area contributed by atoms with Crippen LogP contribution in [0.4, 0.5) is 9.59 Å². The number of nitrogens with one attached hydrogen (secondary N) is 2. The van der Waals surface area contributed by atoms with Crippen LogP contribution < -0.4 is 10.6 Å². The first-order chi connectivity index (χ1) is 7.33. The van der Waals surface area contributed by atoms with Crippen molar-refractivity contribution in [1.82, 2.24) is 20.7 Å². The number of carbonyl (C=O) groups excluding carboxylic acids is 4. The highest BCUT2D eigenvalue weighted by atomic mass is 16.2. The second kappa shape index (κ2) is 2.94. The van der Waals surface area contributed by atoms with Crippen LogP contribution in [0.3, 0.4) is 0 Å². The maximum Gasteiger partial charge on any atom is 0.344 e. The molecule has 86 valence electrons. The Morgan fingerprint density at radius 2 is 1.75 bits per heavy atom. The van der Waals surface area contributed by atoms with E-state index in [2.05, 4.69) is 5.32 Å². The molecule has 2 saturated heterocycles. The van der Waals surface area contributed by atoms with Gasteiger partial charge in [-0.3, -0.25) is 14.9 Å². The minimum atomic E-state index is -1.07. The van der Waals surface area contributed by atoms with Crippen molar-refractivity contribution in [3.05, 3.63) is 0 Å². The second-order valence-corrected chi connectivity index (χ2v) is 4.08. The summed E-state index contributed by atoms with van der Waals surface area (Å²) in [7, 11) is 0. The smallest absolute Gasteiger partial charge is 0.322 e. The van der Waals surface area contributed by atoms with Crippen LogP contribution in [-0.4, -0.2) is 46.0 Å². The number of hydrogen-bond donors (Lipinski definition) is 2.